The van der Waals surface area contributed by atoms with Crippen LogP contribution in [0.2, 0.25) is 0 Å². The lowest BCUT2D eigenvalue weighted by atomic mass is 10.2. The molecule has 0 fully saturated rings. The maximum atomic E-state index is 12.8. The lowest BCUT2D eigenvalue weighted by molar-refractivity contribution is 0.0955. The summed E-state index contributed by atoms with van der Waals surface area (Å²) in [5.74, 6) is 0.283. The lowest BCUT2D eigenvalue weighted by Crippen LogP contribution is -2.17. The van der Waals surface area contributed by atoms with Crippen molar-refractivity contribution in [2.45, 2.75) is 0 Å². The third-order valence-electron chi connectivity index (χ3n) is 2.98. The number of hydrogen-bond acceptors (Lipinski definition) is 4. The van der Waals surface area contributed by atoms with Gasteiger partial charge in [0.15, 0.2) is 11.5 Å². The molecule has 7 heteroatoms. The molecule has 2 aromatic carbocycles. The molecular weight excluding hydrogens is 367 g/mol. The van der Waals surface area contributed by atoms with E-state index in [0.29, 0.717) is 22.6 Å². The van der Waals surface area contributed by atoms with Crippen molar-refractivity contribution < 1.29 is 18.7 Å². The molecule has 0 bridgehead atoms. The fraction of sp³-hybridized carbons (Fsp3) is 0.125. The van der Waals surface area contributed by atoms with Crippen molar-refractivity contribution in [3.63, 3.8) is 0 Å². The van der Waals surface area contributed by atoms with Crippen LogP contribution >= 0.6 is 15.9 Å². The normalized spacial score (nSPS) is 10.6. The van der Waals surface area contributed by atoms with Gasteiger partial charge in [0.1, 0.15) is 5.82 Å². The molecular formula is C16H14BrFN2O3. The summed E-state index contributed by atoms with van der Waals surface area (Å²) in [4.78, 5) is 11.9. The van der Waals surface area contributed by atoms with Gasteiger partial charge < -0.3 is 9.47 Å². The third kappa shape index (κ3) is 4.29. The average Bonchev–Trinajstić information content (AvgIpc) is 2.56. The number of hydrazone groups is 1. The Morgan fingerprint density at radius 3 is 2.39 bits per heavy atom. The zero-order valence-electron chi connectivity index (χ0n) is 12.5. The zero-order valence-corrected chi connectivity index (χ0v) is 14.1. The number of amides is 1. The van der Waals surface area contributed by atoms with Crippen LogP contribution < -0.4 is 14.9 Å². The fourth-order valence-corrected chi connectivity index (χ4v) is 2.22. The van der Waals surface area contributed by atoms with Gasteiger partial charge in [0, 0.05) is 15.6 Å². The molecule has 0 aliphatic rings. The van der Waals surface area contributed by atoms with Gasteiger partial charge in [0.25, 0.3) is 5.91 Å². The van der Waals surface area contributed by atoms with Gasteiger partial charge in [-0.2, -0.15) is 5.10 Å². The molecule has 0 aliphatic carbocycles. The second-order valence-electron chi connectivity index (χ2n) is 4.43. The van der Waals surface area contributed by atoms with Gasteiger partial charge in [-0.05, 0) is 52.3 Å². The summed E-state index contributed by atoms with van der Waals surface area (Å²) in [5.41, 5.74) is 3.39. The van der Waals surface area contributed by atoms with Crippen molar-refractivity contribution in [2.75, 3.05) is 14.2 Å². The van der Waals surface area contributed by atoms with Gasteiger partial charge in [-0.25, -0.2) is 9.82 Å². The van der Waals surface area contributed by atoms with E-state index >= 15 is 0 Å². The Balaban J connectivity index is 2.11. The predicted octanol–water partition coefficient (Wildman–Crippen LogP) is 3.37. The first-order valence-corrected chi connectivity index (χ1v) is 7.35. The molecule has 0 spiro atoms. The van der Waals surface area contributed by atoms with Crippen LogP contribution in [0, 0.1) is 5.82 Å². The second kappa shape index (κ2) is 7.73. The molecule has 0 aromatic heterocycles. The van der Waals surface area contributed by atoms with Crippen LogP contribution in [0.3, 0.4) is 0 Å². The van der Waals surface area contributed by atoms with E-state index in [4.69, 9.17) is 9.47 Å². The minimum absolute atomic E-state index is 0.315. The topological polar surface area (TPSA) is 59.9 Å². The number of nitrogens with zero attached hydrogens (tertiary/aromatic N) is 1. The zero-order chi connectivity index (χ0) is 16.8. The first-order chi connectivity index (χ1) is 11.0. The van der Waals surface area contributed by atoms with E-state index in [1.54, 1.807) is 19.2 Å². The molecule has 23 heavy (non-hydrogen) atoms. The van der Waals surface area contributed by atoms with Crippen molar-refractivity contribution in [1.82, 2.24) is 5.43 Å². The van der Waals surface area contributed by atoms with Crippen LogP contribution in [-0.4, -0.2) is 26.3 Å². The van der Waals surface area contributed by atoms with Crippen LogP contribution in [0.1, 0.15) is 15.9 Å². The summed E-state index contributed by atoms with van der Waals surface area (Å²) in [6.07, 6.45) is 1.47. The number of hydrogen-bond donors (Lipinski definition) is 1. The van der Waals surface area contributed by atoms with Crippen molar-refractivity contribution >= 4 is 28.1 Å². The van der Waals surface area contributed by atoms with E-state index in [2.05, 4.69) is 26.5 Å². The van der Waals surface area contributed by atoms with Crippen molar-refractivity contribution in [1.29, 1.82) is 0 Å². The summed E-state index contributed by atoms with van der Waals surface area (Å²) in [6.45, 7) is 0. The predicted molar refractivity (Wildman–Crippen MR) is 88.7 cm³/mol. The highest BCUT2D eigenvalue weighted by Gasteiger charge is 2.08. The third-order valence-corrected chi connectivity index (χ3v) is 3.67. The van der Waals surface area contributed by atoms with Crippen molar-refractivity contribution in [3.05, 3.63) is 57.8 Å². The van der Waals surface area contributed by atoms with Gasteiger partial charge in [-0.3, -0.25) is 4.79 Å². The molecule has 0 saturated heterocycles. The van der Waals surface area contributed by atoms with Gasteiger partial charge >= 0.3 is 0 Å². The summed E-state index contributed by atoms with van der Waals surface area (Å²) < 4.78 is 23.9. The Hall–Kier alpha value is -2.41. The Bertz CT molecular complexity index is 733. The van der Waals surface area contributed by atoms with Crippen molar-refractivity contribution in [3.8, 4) is 11.5 Å². The summed E-state index contributed by atoms with van der Waals surface area (Å²) in [7, 11) is 3.07. The molecule has 2 rings (SSSR count). The molecule has 1 N–H and O–H groups in total. The molecule has 0 heterocycles. The molecule has 0 atom stereocenters. The maximum Gasteiger partial charge on any atom is 0.271 e. The summed E-state index contributed by atoms with van der Waals surface area (Å²) >= 11 is 3.39. The number of rotatable bonds is 5. The SMILES string of the molecule is COc1cc(Br)c(/C=N\NC(=O)c2ccc(F)cc2)cc1OC. The largest absolute Gasteiger partial charge is 0.493 e. The molecule has 2 aromatic rings. The van der Waals surface area contributed by atoms with E-state index < -0.39 is 11.7 Å². The summed E-state index contributed by atoms with van der Waals surface area (Å²) in [6, 6.07) is 8.64. The van der Waals surface area contributed by atoms with Crippen LogP contribution in [0.15, 0.2) is 46.0 Å². The second-order valence-corrected chi connectivity index (χ2v) is 5.29. The minimum atomic E-state index is -0.433. The highest BCUT2D eigenvalue weighted by molar-refractivity contribution is 9.10. The number of halogens is 2. The summed E-state index contributed by atoms with van der Waals surface area (Å²) in [5, 5.41) is 3.89. The van der Waals surface area contributed by atoms with Crippen LogP contribution in [0.4, 0.5) is 4.39 Å². The Morgan fingerprint density at radius 1 is 1.17 bits per heavy atom. The van der Waals surface area contributed by atoms with Gasteiger partial charge in [-0.1, -0.05) is 0 Å². The van der Waals surface area contributed by atoms with E-state index in [9.17, 15) is 9.18 Å². The van der Waals surface area contributed by atoms with Crippen LogP contribution in [0.5, 0.6) is 11.5 Å². The highest BCUT2D eigenvalue weighted by atomic mass is 79.9. The monoisotopic (exact) mass is 380 g/mol. The van der Waals surface area contributed by atoms with E-state index in [-0.39, 0.29) is 0 Å². The number of ether oxygens (including phenoxy) is 2. The lowest BCUT2D eigenvalue weighted by Gasteiger charge is -2.09. The standard InChI is InChI=1S/C16H14BrFN2O3/c1-22-14-7-11(13(17)8-15(14)23-2)9-19-20-16(21)10-3-5-12(18)6-4-10/h3-9H,1-2H3,(H,20,21)/b19-9-. The molecule has 0 saturated carbocycles. The first kappa shape index (κ1) is 17.0. The van der Waals surface area contributed by atoms with E-state index in [1.807, 2.05) is 0 Å². The Labute approximate surface area is 141 Å². The van der Waals surface area contributed by atoms with Crippen LogP contribution in [-0.2, 0) is 0 Å². The van der Waals surface area contributed by atoms with Gasteiger partial charge in [0.2, 0.25) is 0 Å². The van der Waals surface area contributed by atoms with Gasteiger partial charge in [-0.15, -0.1) is 0 Å². The molecule has 0 unspecified atom stereocenters. The molecule has 0 aliphatic heterocycles. The van der Waals surface area contributed by atoms with Crippen LogP contribution in [0.25, 0.3) is 0 Å². The van der Waals surface area contributed by atoms with Crippen molar-refractivity contribution in [2.24, 2.45) is 5.10 Å². The minimum Gasteiger partial charge on any atom is -0.493 e. The number of carbonyl (C=O) groups is 1. The smallest absolute Gasteiger partial charge is 0.271 e. The fourth-order valence-electron chi connectivity index (χ4n) is 1.80. The molecule has 120 valence electrons. The number of carbonyl (C=O) groups excluding carboxylic acids is 1. The molecule has 0 radical (unpaired) electrons. The van der Waals surface area contributed by atoms with Gasteiger partial charge in [0.05, 0.1) is 20.4 Å². The molecule has 1 amide bonds. The number of nitrogens with one attached hydrogen (secondary N) is 1. The Morgan fingerprint density at radius 2 is 1.78 bits per heavy atom. The quantitative estimate of drug-likeness (QED) is 0.638. The number of benzene rings is 2. The highest BCUT2D eigenvalue weighted by Crippen LogP contribution is 2.32. The maximum absolute atomic E-state index is 12.8. The first-order valence-electron chi connectivity index (χ1n) is 6.55. The van der Waals surface area contributed by atoms with E-state index in [1.165, 1.54) is 37.6 Å². The Kier molecular flexibility index (Phi) is 5.70. The number of methoxy groups -OCH3 is 2. The average molecular weight is 381 g/mol. The van der Waals surface area contributed by atoms with E-state index in [0.717, 1.165) is 4.47 Å². The molecule has 5 nitrogen and oxygen atoms in total.